The number of ether oxygens (including phenoxy) is 2. The fourth-order valence-corrected chi connectivity index (χ4v) is 3.59. The van der Waals surface area contributed by atoms with Gasteiger partial charge in [-0.05, 0) is 92.2 Å². The summed E-state index contributed by atoms with van der Waals surface area (Å²) in [4.78, 5) is 35.7. The van der Waals surface area contributed by atoms with Crippen molar-refractivity contribution < 1.29 is 29.0 Å². The van der Waals surface area contributed by atoms with Crippen LogP contribution in [0.15, 0.2) is 65.4 Å². The highest BCUT2D eigenvalue weighted by Gasteiger charge is 2.13. The molecule has 2 aromatic carbocycles. The van der Waals surface area contributed by atoms with Gasteiger partial charge in [-0.2, -0.15) is 9.59 Å². The minimum absolute atomic E-state index is 0.0362. The van der Waals surface area contributed by atoms with E-state index in [1.54, 1.807) is 24.5 Å². The van der Waals surface area contributed by atoms with Gasteiger partial charge in [-0.3, -0.25) is 9.97 Å². The number of carbonyl (C=O) groups is 1. The molecule has 2 heterocycles. The highest BCUT2D eigenvalue weighted by Crippen LogP contribution is 2.30. The van der Waals surface area contributed by atoms with Crippen molar-refractivity contribution in [2.24, 2.45) is 0 Å². The fourth-order valence-electron chi connectivity index (χ4n) is 3.14. The van der Waals surface area contributed by atoms with E-state index in [-0.39, 0.29) is 23.9 Å². The lowest BCUT2D eigenvalue weighted by Crippen LogP contribution is -2.07. The zero-order valence-electron chi connectivity index (χ0n) is 19.7. The van der Waals surface area contributed by atoms with Gasteiger partial charge < -0.3 is 14.6 Å². The first-order chi connectivity index (χ1) is 16.7. The molecule has 0 unspecified atom stereocenters. The molecule has 1 N–H and O–H groups in total. The number of carbonyl (C=O) groups excluding carboxylic acids is 2. The van der Waals surface area contributed by atoms with Crippen molar-refractivity contribution in [3.8, 4) is 11.5 Å². The van der Waals surface area contributed by atoms with Crippen LogP contribution in [0.25, 0.3) is 21.8 Å². The minimum Gasteiger partial charge on any atom is -0.490 e. The summed E-state index contributed by atoms with van der Waals surface area (Å²) >= 11 is 3.48. The summed E-state index contributed by atoms with van der Waals surface area (Å²) in [7, 11) is 0. The third-order valence-corrected chi connectivity index (χ3v) is 5.01. The Kier molecular flexibility index (Phi) is 10.3. The van der Waals surface area contributed by atoms with Crippen molar-refractivity contribution >= 4 is 49.9 Å². The van der Waals surface area contributed by atoms with Crippen LogP contribution < -0.4 is 9.47 Å². The summed E-state index contributed by atoms with van der Waals surface area (Å²) in [6.45, 7) is 7.88. The highest BCUT2D eigenvalue weighted by atomic mass is 79.9. The first-order valence-corrected chi connectivity index (χ1v) is 11.5. The Morgan fingerprint density at radius 2 is 1.29 bits per heavy atom. The predicted molar refractivity (Wildman–Crippen MR) is 135 cm³/mol. The summed E-state index contributed by atoms with van der Waals surface area (Å²) in [6, 6.07) is 14.6. The molecule has 0 saturated heterocycles. The lowest BCUT2D eigenvalue weighted by Gasteiger charge is -2.12. The van der Waals surface area contributed by atoms with E-state index in [1.807, 2.05) is 58.0 Å². The molecule has 0 aliphatic carbocycles. The third-order valence-electron chi connectivity index (χ3n) is 4.37. The van der Waals surface area contributed by atoms with Crippen LogP contribution in [-0.4, -0.2) is 39.4 Å². The van der Waals surface area contributed by atoms with E-state index in [1.165, 1.54) is 6.07 Å². The average Bonchev–Trinajstić information content (AvgIpc) is 2.81. The first kappa shape index (κ1) is 27.4. The van der Waals surface area contributed by atoms with Gasteiger partial charge in [0, 0.05) is 27.6 Å². The molecule has 4 aromatic rings. The molecule has 182 valence electrons. The number of pyridine rings is 2. The lowest BCUT2D eigenvalue weighted by atomic mass is 10.1. The summed E-state index contributed by atoms with van der Waals surface area (Å²) in [5.41, 5.74) is 1.59. The number of halogens is 1. The SMILES string of the molecule is CC(C)Oc1ccc(Br)c2ncccc12.CC(C)Oc1ccc(C(=O)O)c2ncccc12.O=C=O. The molecule has 2 aromatic heterocycles. The molecule has 0 aliphatic heterocycles. The van der Waals surface area contributed by atoms with Crippen molar-refractivity contribution in [1.82, 2.24) is 9.97 Å². The maximum atomic E-state index is 11.1. The van der Waals surface area contributed by atoms with Gasteiger partial charge in [-0.1, -0.05) is 0 Å². The molecule has 0 radical (unpaired) electrons. The second kappa shape index (κ2) is 13.2. The molecule has 0 spiro atoms. The molecule has 35 heavy (non-hydrogen) atoms. The molecule has 9 heteroatoms. The van der Waals surface area contributed by atoms with Gasteiger partial charge >= 0.3 is 12.1 Å². The number of aromatic nitrogens is 2. The first-order valence-electron chi connectivity index (χ1n) is 10.7. The summed E-state index contributed by atoms with van der Waals surface area (Å²) in [5.74, 6) is 0.564. The standard InChI is InChI=1S/C13H13NO3.C12H12BrNO.CO2/c1-8(2)17-11-6-5-10(13(15)16)12-9(11)4-3-7-14-12;1-8(2)15-11-6-5-10(13)12-9(11)4-3-7-14-12;2-1-3/h3-8H,1-2H3,(H,15,16);3-8H,1-2H3;. The number of carboxylic acids is 1. The molecule has 8 nitrogen and oxygen atoms in total. The van der Waals surface area contributed by atoms with Gasteiger partial charge in [0.05, 0.1) is 28.8 Å². The van der Waals surface area contributed by atoms with E-state index >= 15 is 0 Å². The van der Waals surface area contributed by atoms with E-state index in [0.717, 1.165) is 26.5 Å². The van der Waals surface area contributed by atoms with Crippen molar-refractivity contribution in [3.63, 3.8) is 0 Å². The van der Waals surface area contributed by atoms with E-state index < -0.39 is 5.97 Å². The van der Waals surface area contributed by atoms with Crippen LogP contribution in [0.3, 0.4) is 0 Å². The zero-order valence-corrected chi connectivity index (χ0v) is 21.3. The number of aromatic carboxylic acids is 1. The second-order valence-electron chi connectivity index (χ2n) is 7.68. The van der Waals surface area contributed by atoms with Gasteiger partial charge in [0.2, 0.25) is 0 Å². The maximum absolute atomic E-state index is 11.1. The summed E-state index contributed by atoms with van der Waals surface area (Å²) < 4.78 is 12.3. The summed E-state index contributed by atoms with van der Waals surface area (Å²) in [6.07, 6.45) is 3.82. The Hall–Kier alpha value is -3.81. The van der Waals surface area contributed by atoms with Crippen molar-refractivity contribution in [2.45, 2.75) is 39.9 Å². The molecule has 0 saturated carbocycles. The van der Waals surface area contributed by atoms with Crippen LogP contribution in [0.1, 0.15) is 38.1 Å². The third kappa shape index (κ3) is 7.60. The van der Waals surface area contributed by atoms with E-state index in [0.29, 0.717) is 11.3 Å². The number of hydrogen-bond donors (Lipinski definition) is 1. The Morgan fingerprint density at radius 3 is 1.77 bits per heavy atom. The molecule has 0 aliphatic rings. The summed E-state index contributed by atoms with van der Waals surface area (Å²) in [5, 5.41) is 10.8. The van der Waals surface area contributed by atoms with E-state index in [9.17, 15) is 4.79 Å². The van der Waals surface area contributed by atoms with Crippen LogP contribution in [0.4, 0.5) is 0 Å². The number of fused-ring (bicyclic) bond motifs is 2. The fraction of sp³-hybridized carbons (Fsp3) is 0.231. The zero-order chi connectivity index (χ0) is 26.0. The van der Waals surface area contributed by atoms with Crippen LogP contribution >= 0.6 is 15.9 Å². The number of carboxylic acid groups (broad SMARTS) is 1. The molecule has 0 bridgehead atoms. The Bertz CT molecular complexity index is 1330. The van der Waals surface area contributed by atoms with Crippen LogP contribution in [-0.2, 0) is 9.59 Å². The van der Waals surface area contributed by atoms with E-state index in [2.05, 4.69) is 25.9 Å². The topological polar surface area (TPSA) is 116 Å². The van der Waals surface area contributed by atoms with Gasteiger partial charge in [0.15, 0.2) is 0 Å². The molecule has 0 atom stereocenters. The Morgan fingerprint density at radius 1 is 0.829 bits per heavy atom. The second-order valence-corrected chi connectivity index (χ2v) is 8.53. The number of nitrogens with zero attached hydrogens (tertiary/aromatic N) is 2. The van der Waals surface area contributed by atoms with Crippen LogP contribution in [0.2, 0.25) is 0 Å². The van der Waals surface area contributed by atoms with Gasteiger partial charge in [-0.15, -0.1) is 0 Å². The smallest absolute Gasteiger partial charge is 0.373 e. The molecular weight excluding hydrogens is 516 g/mol. The van der Waals surface area contributed by atoms with Gasteiger partial charge in [0.25, 0.3) is 0 Å². The molecule has 0 amide bonds. The van der Waals surface area contributed by atoms with Gasteiger partial charge in [0.1, 0.15) is 11.5 Å². The number of rotatable bonds is 5. The number of hydrogen-bond acceptors (Lipinski definition) is 7. The normalized spacial score (nSPS) is 10.1. The van der Waals surface area contributed by atoms with Crippen LogP contribution in [0, 0.1) is 0 Å². The Labute approximate surface area is 211 Å². The monoisotopic (exact) mass is 540 g/mol. The predicted octanol–water partition coefficient (Wildman–Crippen LogP) is 5.92. The number of benzene rings is 2. The van der Waals surface area contributed by atoms with Crippen molar-refractivity contribution in [1.29, 1.82) is 0 Å². The maximum Gasteiger partial charge on any atom is 0.373 e. The highest BCUT2D eigenvalue weighted by molar-refractivity contribution is 9.10. The lowest BCUT2D eigenvalue weighted by molar-refractivity contribution is -0.191. The molecular formula is C26H25BrN2O6. The molecule has 4 rings (SSSR count). The van der Waals surface area contributed by atoms with E-state index in [4.69, 9.17) is 24.2 Å². The largest absolute Gasteiger partial charge is 0.490 e. The Balaban J connectivity index is 0.000000223. The van der Waals surface area contributed by atoms with Gasteiger partial charge in [-0.25, -0.2) is 4.79 Å². The van der Waals surface area contributed by atoms with Crippen LogP contribution in [0.5, 0.6) is 11.5 Å². The molecule has 0 fully saturated rings. The van der Waals surface area contributed by atoms with Crippen molar-refractivity contribution in [2.75, 3.05) is 0 Å². The average molecular weight is 541 g/mol. The van der Waals surface area contributed by atoms with Crippen molar-refractivity contribution in [3.05, 3.63) is 71.0 Å². The quantitative estimate of drug-likeness (QED) is 0.331. The minimum atomic E-state index is -0.982.